The maximum absolute atomic E-state index is 11.5. The molecule has 6 heteroatoms. The summed E-state index contributed by atoms with van der Waals surface area (Å²) in [5, 5.41) is 12.0. The molecule has 0 aliphatic heterocycles. The van der Waals surface area contributed by atoms with Crippen molar-refractivity contribution < 1.29 is 19.4 Å². The van der Waals surface area contributed by atoms with Crippen molar-refractivity contribution in [2.24, 2.45) is 0 Å². The van der Waals surface area contributed by atoms with Gasteiger partial charge in [0.05, 0.1) is 24.3 Å². The Morgan fingerprint density at radius 1 is 1.50 bits per heavy atom. The van der Waals surface area contributed by atoms with Crippen LogP contribution in [0, 0.1) is 0 Å². The van der Waals surface area contributed by atoms with E-state index in [0.717, 1.165) is 0 Å². The summed E-state index contributed by atoms with van der Waals surface area (Å²) in [6.07, 6.45) is 0. The summed E-state index contributed by atoms with van der Waals surface area (Å²) in [7, 11) is 1.50. The van der Waals surface area contributed by atoms with E-state index in [0.29, 0.717) is 10.8 Å². The number of methoxy groups -OCH3 is 1. The third-order valence-electron chi connectivity index (χ3n) is 2.15. The van der Waals surface area contributed by atoms with Gasteiger partial charge in [0.15, 0.2) is 6.61 Å². The van der Waals surface area contributed by atoms with Gasteiger partial charge in [0.1, 0.15) is 5.75 Å². The molecule has 1 aromatic rings. The Labute approximate surface area is 111 Å². The third kappa shape index (κ3) is 4.91. The average molecular weight is 274 g/mol. The van der Waals surface area contributed by atoms with Crippen molar-refractivity contribution in [1.29, 1.82) is 0 Å². The lowest BCUT2D eigenvalue weighted by Crippen LogP contribution is -2.42. The van der Waals surface area contributed by atoms with Crippen LogP contribution in [0.4, 0.5) is 0 Å². The van der Waals surface area contributed by atoms with Gasteiger partial charge in [-0.3, -0.25) is 4.79 Å². The van der Waals surface area contributed by atoms with E-state index in [1.807, 2.05) is 0 Å². The highest BCUT2D eigenvalue weighted by molar-refractivity contribution is 6.32. The van der Waals surface area contributed by atoms with Crippen LogP contribution >= 0.6 is 11.6 Å². The largest absolute Gasteiger partial charge is 0.482 e. The maximum atomic E-state index is 11.5. The Bertz CT molecular complexity index is 386. The van der Waals surface area contributed by atoms with E-state index in [-0.39, 0.29) is 25.7 Å². The minimum Gasteiger partial charge on any atom is -0.482 e. The van der Waals surface area contributed by atoms with Crippen LogP contribution in [-0.2, 0) is 9.53 Å². The van der Waals surface area contributed by atoms with E-state index in [2.05, 4.69) is 5.32 Å². The minimum atomic E-state index is -0.433. The van der Waals surface area contributed by atoms with Gasteiger partial charge in [-0.2, -0.15) is 0 Å². The van der Waals surface area contributed by atoms with Gasteiger partial charge in [0, 0.05) is 7.11 Å². The number of nitrogens with one attached hydrogen (secondary N) is 1. The Balaban J connectivity index is 2.39. The molecule has 1 amide bonds. The maximum Gasteiger partial charge on any atom is 0.258 e. The number of halogens is 1. The van der Waals surface area contributed by atoms with E-state index >= 15 is 0 Å². The molecule has 0 heterocycles. The standard InChI is InChI=1S/C12H16ClNO4/c1-17-7-9(6-15)14-12(16)8-18-11-5-3-2-4-10(11)13/h2-5,9,15H,6-8H2,1H3,(H,14,16). The summed E-state index contributed by atoms with van der Waals surface area (Å²) in [4.78, 5) is 11.5. The highest BCUT2D eigenvalue weighted by Crippen LogP contribution is 2.22. The number of aliphatic hydroxyl groups excluding tert-OH is 1. The van der Waals surface area contributed by atoms with Crippen molar-refractivity contribution in [1.82, 2.24) is 5.32 Å². The SMILES string of the molecule is COCC(CO)NC(=O)COc1ccccc1Cl. The molecule has 1 rings (SSSR count). The zero-order valence-electron chi connectivity index (χ0n) is 10.1. The number of aliphatic hydroxyl groups is 1. The fourth-order valence-corrected chi connectivity index (χ4v) is 1.51. The predicted molar refractivity (Wildman–Crippen MR) is 67.8 cm³/mol. The second-order valence-corrected chi connectivity index (χ2v) is 4.03. The molecule has 0 fully saturated rings. The Morgan fingerprint density at radius 2 is 2.22 bits per heavy atom. The summed E-state index contributed by atoms with van der Waals surface area (Å²) < 4.78 is 10.1. The zero-order chi connectivity index (χ0) is 13.4. The lowest BCUT2D eigenvalue weighted by atomic mass is 10.3. The van der Waals surface area contributed by atoms with E-state index < -0.39 is 6.04 Å². The summed E-state index contributed by atoms with van der Waals surface area (Å²) in [5.74, 6) is 0.104. The van der Waals surface area contributed by atoms with Gasteiger partial charge in [-0.1, -0.05) is 23.7 Å². The van der Waals surface area contributed by atoms with Gasteiger partial charge >= 0.3 is 0 Å². The second kappa shape index (κ2) is 7.92. The molecule has 1 aromatic carbocycles. The number of benzene rings is 1. The molecule has 18 heavy (non-hydrogen) atoms. The highest BCUT2D eigenvalue weighted by atomic mass is 35.5. The Kier molecular flexibility index (Phi) is 6.49. The van der Waals surface area contributed by atoms with Crippen LogP contribution in [0.25, 0.3) is 0 Å². The molecule has 100 valence electrons. The first-order valence-corrected chi connectivity index (χ1v) is 5.81. The van der Waals surface area contributed by atoms with Gasteiger partial charge in [0.25, 0.3) is 5.91 Å². The number of hydrogen-bond donors (Lipinski definition) is 2. The molecule has 1 unspecified atom stereocenters. The van der Waals surface area contributed by atoms with Crippen molar-refractivity contribution >= 4 is 17.5 Å². The van der Waals surface area contributed by atoms with E-state index in [4.69, 9.17) is 26.2 Å². The molecule has 0 aliphatic carbocycles. The summed E-state index contributed by atoms with van der Waals surface area (Å²) in [6.45, 7) is -0.107. The van der Waals surface area contributed by atoms with Crippen LogP contribution in [0.1, 0.15) is 0 Å². The van der Waals surface area contributed by atoms with Gasteiger partial charge in [-0.25, -0.2) is 0 Å². The molecule has 0 bridgehead atoms. The quantitative estimate of drug-likeness (QED) is 0.773. The summed E-state index contributed by atoms with van der Waals surface area (Å²) in [5.41, 5.74) is 0. The fraction of sp³-hybridized carbons (Fsp3) is 0.417. The number of carbonyl (C=O) groups excluding carboxylic acids is 1. The van der Waals surface area contributed by atoms with Crippen LogP contribution in [0.5, 0.6) is 5.75 Å². The lowest BCUT2D eigenvalue weighted by molar-refractivity contribution is -0.124. The Hall–Kier alpha value is -1.30. The van der Waals surface area contributed by atoms with Crippen LogP contribution in [0.3, 0.4) is 0 Å². The molecule has 0 spiro atoms. The van der Waals surface area contributed by atoms with E-state index in [9.17, 15) is 4.79 Å². The predicted octanol–water partition coefficient (Wildman–Crippen LogP) is 0.842. The number of rotatable bonds is 7. The normalized spacial score (nSPS) is 11.9. The molecule has 0 radical (unpaired) electrons. The van der Waals surface area contributed by atoms with Crippen molar-refractivity contribution in [2.45, 2.75) is 6.04 Å². The molecule has 5 nitrogen and oxygen atoms in total. The number of carbonyl (C=O) groups is 1. The molecule has 1 atom stereocenters. The van der Waals surface area contributed by atoms with Crippen molar-refractivity contribution in [3.63, 3.8) is 0 Å². The first-order valence-electron chi connectivity index (χ1n) is 5.44. The van der Waals surface area contributed by atoms with Gasteiger partial charge < -0.3 is 19.9 Å². The zero-order valence-corrected chi connectivity index (χ0v) is 10.8. The molecular formula is C12H16ClNO4. The Morgan fingerprint density at radius 3 is 2.83 bits per heavy atom. The number of ether oxygens (including phenoxy) is 2. The summed E-state index contributed by atoms with van der Waals surface area (Å²) in [6, 6.07) is 6.46. The number of para-hydroxylation sites is 1. The van der Waals surface area contributed by atoms with Crippen LogP contribution < -0.4 is 10.1 Å². The first kappa shape index (κ1) is 14.8. The molecular weight excluding hydrogens is 258 g/mol. The fourth-order valence-electron chi connectivity index (χ4n) is 1.32. The molecule has 0 saturated carbocycles. The number of hydrogen-bond acceptors (Lipinski definition) is 4. The van der Waals surface area contributed by atoms with E-state index in [1.54, 1.807) is 24.3 Å². The smallest absolute Gasteiger partial charge is 0.258 e. The average Bonchev–Trinajstić information content (AvgIpc) is 2.37. The minimum absolute atomic E-state index is 0.163. The van der Waals surface area contributed by atoms with Gasteiger partial charge in [-0.05, 0) is 12.1 Å². The monoisotopic (exact) mass is 273 g/mol. The van der Waals surface area contributed by atoms with Gasteiger partial charge in [0.2, 0.25) is 0 Å². The van der Waals surface area contributed by atoms with Crippen molar-refractivity contribution in [3.8, 4) is 5.75 Å². The highest BCUT2D eigenvalue weighted by Gasteiger charge is 2.11. The van der Waals surface area contributed by atoms with Gasteiger partial charge in [-0.15, -0.1) is 0 Å². The van der Waals surface area contributed by atoms with Crippen LogP contribution in [0.2, 0.25) is 5.02 Å². The van der Waals surface area contributed by atoms with Crippen molar-refractivity contribution in [3.05, 3.63) is 29.3 Å². The number of amides is 1. The summed E-state index contributed by atoms with van der Waals surface area (Å²) >= 11 is 5.87. The lowest BCUT2D eigenvalue weighted by Gasteiger charge is -2.15. The van der Waals surface area contributed by atoms with Crippen LogP contribution in [-0.4, -0.2) is 44.0 Å². The molecule has 0 aliphatic rings. The first-order chi connectivity index (χ1) is 8.67. The topological polar surface area (TPSA) is 67.8 Å². The third-order valence-corrected chi connectivity index (χ3v) is 2.46. The van der Waals surface area contributed by atoms with Crippen LogP contribution in [0.15, 0.2) is 24.3 Å². The second-order valence-electron chi connectivity index (χ2n) is 3.62. The molecule has 0 saturated heterocycles. The van der Waals surface area contributed by atoms with Crippen molar-refractivity contribution in [2.75, 3.05) is 26.9 Å². The molecule has 0 aromatic heterocycles. The van der Waals surface area contributed by atoms with E-state index in [1.165, 1.54) is 7.11 Å². The molecule has 2 N–H and O–H groups in total.